The van der Waals surface area contributed by atoms with Gasteiger partial charge in [0.05, 0.1) is 16.8 Å². The highest BCUT2D eigenvalue weighted by Gasteiger charge is 2.13. The van der Waals surface area contributed by atoms with Gasteiger partial charge in [-0.2, -0.15) is 0 Å². The summed E-state index contributed by atoms with van der Waals surface area (Å²) in [5, 5.41) is 22.0. The van der Waals surface area contributed by atoms with Crippen molar-refractivity contribution < 1.29 is 9.52 Å². The average Bonchev–Trinajstić information content (AvgIpc) is 3.29. The van der Waals surface area contributed by atoms with Crippen LogP contribution in [-0.2, 0) is 0 Å². The van der Waals surface area contributed by atoms with E-state index in [1.165, 1.54) is 11.3 Å². The third-order valence-corrected chi connectivity index (χ3v) is 5.03. The zero-order valence-corrected chi connectivity index (χ0v) is 15.1. The van der Waals surface area contributed by atoms with Crippen molar-refractivity contribution in [2.45, 2.75) is 0 Å². The molecule has 2 N–H and O–H groups in total. The Morgan fingerprint density at radius 3 is 2.82 bits per heavy atom. The van der Waals surface area contributed by atoms with E-state index < -0.39 is 5.63 Å². The van der Waals surface area contributed by atoms with Crippen molar-refractivity contribution in [2.75, 3.05) is 0 Å². The first-order valence-corrected chi connectivity index (χ1v) is 9.27. The van der Waals surface area contributed by atoms with E-state index >= 15 is 0 Å². The number of benzene rings is 2. The molecule has 0 aliphatic rings. The van der Waals surface area contributed by atoms with E-state index in [-0.39, 0.29) is 5.88 Å². The summed E-state index contributed by atoms with van der Waals surface area (Å²) in [6, 6.07) is 16.5. The van der Waals surface area contributed by atoms with Crippen LogP contribution in [0.4, 0.5) is 10.8 Å². The maximum absolute atomic E-state index is 12.3. The second kappa shape index (κ2) is 6.43. The fourth-order valence-corrected chi connectivity index (χ4v) is 3.62. The lowest BCUT2D eigenvalue weighted by molar-refractivity contribution is 0.459. The number of para-hydroxylation sites is 2. The van der Waals surface area contributed by atoms with Gasteiger partial charge < -0.3 is 14.5 Å². The first-order valence-electron chi connectivity index (χ1n) is 8.39. The van der Waals surface area contributed by atoms with Crippen molar-refractivity contribution in [3.63, 3.8) is 0 Å². The molecule has 8 heteroatoms. The topological polar surface area (TPSA) is 104 Å². The lowest BCUT2D eigenvalue weighted by atomic mass is 10.1. The zero-order valence-electron chi connectivity index (χ0n) is 14.3. The van der Waals surface area contributed by atoms with E-state index in [1.54, 1.807) is 17.5 Å². The summed E-state index contributed by atoms with van der Waals surface area (Å²) in [6.45, 7) is 0. The number of hydrogen-bond acceptors (Lipinski definition) is 7. The van der Waals surface area contributed by atoms with Crippen molar-refractivity contribution in [1.29, 1.82) is 0 Å². The molecule has 3 aromatic heterocycles. The molecular formula is C20H12N4O3S. The second-order valence-electron chi connectivity index (χ2n) is 6.07. The largest absolute Gasteiger partial charge is 0.493 e. The van der Waals surface area contributed by atoms with Gasteiger partial charge in [0.1, 0.15) is 5.58 Å². The molecule has 136 valence electrons. The minimum Gasteiger partial charge on any atom is -0.493 e. The van der Waals surface area contributed by atoms with Crippen molar-refractivity contribution in [2.24, 2.45) is 10.2 Å². The molecule has 0 radical (unpaired) electrons. The molecule has 2 aromatic carbocycles. The quantitative estimate of drug-likeness (QED) is 0.314. The molecule has 5 rings (SSSR count). The minimum atomic E-state index is -0.457. The summed E-state index contributed by atoms with van der Waals surface area (Å²) in [7, 11) is 0. The van der Waals surface area contributed by atoms with E-state index in [0.717, 1.165) is 16.3 Å². The van der Waals surface area contributed by atoms with Gasteiger partial charge in [-0.25, -0.2) is 9.78 Å². The minimum absolute atomic E-state index is 0.0584. The SMILES string of the molecule is O=c1oc2ccccc2cc1-c1csc(N=Nc2c(O)[nH]c3ccccc23)n1. The summed E-state index contributed by atoms with van der Waals surface area (Å²) in [5.41, 5.74) is 2.02. The molecule has 0 aliphatic carbocycles. The Labute approximate surface area is 161 Å². The highest BCUT2D eigenvalue weighted by atomic mass is 32.1. The highest BCUT2D eigenvalue weighted by Crippen LogP contribution is 2.36. The molecule has 28 heavy (non-hydrogen) atoms. The van der Waals surface area contributed by atoms with Gasteiger partial charge in [-0.15, -0.1) is 21.6 Å². The van der Waals surface area contributed by atoms with E-state index in [0.29, 0.717) is 27.7 Å². The third-order valence-electron chi connectivity index (χ3n) is 4.30. The fourth-order valence-electron chi connectivity index (χ4n) is 2.98. The lowest BCUT2D eigenvalue weighted by Gasteiger charge is -1.98. The molecule has 5 aromatic rings. The Morgan fingerprint density at radius 2 is 1.89 bits per heavy atom. The summed E-state index contributed by atoms with van der Waals surface area (Å²) < 4.78 is 5.36. The molecule has 0 saturated carbocycles. The van der Waals surface area contributed by atoms with Crippen LogP contribution in [0.15, 0.2) is 79.4 Å². The van der Waals surface area contributed by atoms with Crippen molar-refractivity contribution in [1.82, 2.24) is 9.97 Å². The number of H-pyrrole nitrogens is 1. The number of aromatic hydroxyl groups is 1. The number of hydrogen-bond donors (Lipinski definition) is 2. The van der Waals surface area contributed by atoms with Crippen molar-refractivity contribution >= 4 is 44.0 Å². The fraction of sp³-hybridized carbons (Fsp3) is 0. The molecule has 0 unspecified atom stereocenters. The zero-order chi connectivity index (χ0) is 19.1. The number of nitrogens with one attached hydrogen (secondary N) is 1. The number of azo groups is 1. The molecule has 0 saturated heterocycles. The van der Waals surface area contributed by atoms with Crippen LogP contribution in [0, 0.1) is 0 Å². The molecule has 0 spiro atoms. The summed E-state index contributed by atoms with van der Waals surface area (Å²) in [6.07, 6.45) is 0. The van der Waals surface area contributed by atoms with E-state index in [4.69, 9.17) is 4.42 Å². The summed E-state index contributed by atoms with van der Waals surface area (Å²) in [4.78, 5) is 19.5. The monoisotopic (exact) mass is 388 g/mol. The van der Waals surface area contributed by atoms with E-state index in [2.05, 4.69) is 20.2 Å². The normalized spacial score (nSPS) is 11.7. The van der Waals surface area contributed by atoms with Crippen LogP contribution in [0.2, 0.25) is 0 Å². The summed E-state index contributed by atoms with van der Waals surface area (Å²) in [5.74, 6) is -0.0584. The van der Waals surface area contributed by atoms with Gasteiger partial charge >= 0.3 is 5.63 Å². The molecule has 0 fully saturated rings. The van der Waals surface area contributed by atoms with Crippen LogP contribution < -0.4 is 5.63 Å². The molecule has 0 bridgehead atoms. The van der Waals surface area contributed by atoms with Gasteiger partial charge in [0.15, 0.2) is 5.69 Å². The number of aromatic amines is 1. The molecule has 7 nitrogen and oxygen atoms in total. The van der Waals surface area contributed by atoms with Crippen LogP contribution in [0.1, 0.15) is 0 Å². The van der Waals surface area contributed by atoms with Crippen LogP contribution >= 0.6 is 11.3 Å². The van der Waals surface area contributed by atoms with Crippen LogP contribution in [0.25, 0.3) is 33.1 Å². The number of thiazole rings is 1. The number of nitrogens with zero attached hydrogens (tertiary/aromatic N) is 3. The Balaban J connectivity index is 1.51. The molecule has 0 atom stereocenters. The van der Waals surface area contributed by atoms with Gasteiger partial charge in [-0.1, -0.05) is 36.4 Å². The van der Waals surface area contributed by atoms with Crippen LogP contribution in [0.5, 0.6) is 5.88 Å². The van der Waals surface area contributed by atoms with Gasteiger partial charge in [0.2, 0.25) is 11.0 Å². The molecular weight excluding hydrogens is 376 g/mol. The third kappa shape index (κ3) is 2.76. The van der Waals surface area contributed by atoms with Gasteiger partial charge in [0, 0.05) is 16.2 Å². The first kappa shape index (κ1) is 16.4. The van der Waals surface area contributed by atoms with Crippen molar-refractivity contribution in [3.8, 4) is 17.1 Å². The van der Waals surface area contributed by atoms with Gasteiger partial charge in [-0.3, -0.25) is 0 Å². The van der Waals surface area contributed by atoms with Gasteiger partial charge in [0.25, 0.3) is 0 Å². The Morgan fingerprint density at radius 1 is 1.07 bits per heavy atom. The Kier molecular flexibility index (Phi) is 3.77. The number of fused-ring (bicyclic) bond motifs is 2. The van der Waals surface area contributed by atoms with Crippen LogP contribution in [-0.4, -0.2) is 15.1 Å². The van der Waals surface area contributed by atoms with Crippen LogP contribution in [0.3, 0.4) is 0 Å². The number of aromatic nitrogens is 2. The standard InChI is InChI=1S/C20H12N4O3S/c25-18-17(12-6-2-3-7-14(12)21-18)23-24-20-22-15(10-28-20)13-9-11-5-1-4-8-16(11)27-19(13)26/h1-10,21,25H. The second-order valence-corrected chi connectivity index (χ2v) is 6.91. The van der Waals surface area contributed by atoms with E-state index in [9.17, 15) is 9.90 Å². The molecule has 0 aliphatic heterocycles. The number of rotatable bonds is 3. The summed E-state index contributed by atoms with van der Waals surface area (Å²) >= 11 is 1.25. The smallest absolute Gasteiger partial charge is 0.345 e. The van der Waals surface area contributed by atoms with Gasteiger partial charge in [-0.05, 0) is 18.2 Å². The van der Waals surface area contributed by atoms with Crippen molar-refractivity contribution in [3.05, 3.63) is 70.4 Å². The lowest BCUT2D eigenvalue weighted by Crippen LogP contribution is -2.02. The maximum atomic E-state index is 12.3. The molecule has 0 amide bonds. The predicted octanol–water partition coefficient (Wildman–Crippen LogP) is 5.52. The first-order chi connectivity index (χ1) is 13.7. The Bertz CT molecular complexity index is 1410. The Hall–Kier alpha value is -3.78. The maximum Gasteiger partial charge on any atom is 0.345 e. The highest BCUT2D eigenvalue weighted by molar-refractivity contribution is 7.13. The molecule has 3 heterocycles. The predicted molar refractivity (Wildman–Crippen MR) is 108 cm³/mol. The van der Waals surface area contributed by atoms with E-state index in [1.807, 2.05) is 42.5 Å². The average molecular weight is 388 g/mol.